The molecule has 2 aromatic carbocycles. The first-order valence-electron chi connectivity index (χ1n) is 7.56. The molecule has 0 aliphatic heterocycles. The average molecular weight is 313 g/mol. The monoisotopic (exact) mass is 313 g/mol. The molecule has 3 heteroatoms. The molecular formula is C19H23NOS. The van der Waals surface area contributed by atoms with Crippen molar-refractivity contribution in [3.63, 3.8) is 0 Å². The Morgan fingerprint density at radius 1 is 1.05 bits per heavy atom. The topological polar surface area (TPSA) is 29.1 Å². The van der Waals surface area contributed by atoms with Crippen molar-refractivity contribution in [3.8, 4) is 0 Å². The summed E-state index contributed by atoms with van der Waals surface area (Å²) in [5.41, 5.74) is 3.64. The molecule has 0 bridgehead atoms. The Hall–Kier alpha value is -1.74. The number of carbonyl (C=O) groups excluding carboxylic acids is 1. The van der Waals surface area contributed by atoms with E-state index in [2.05, 4.69) is 37.4 Å². The van der Waals surface area contributed by atoms with Gasteiger partial charge in [0.25, 0.3) is 0 Å². The number of benzene rings is 2. The van der Waals surface area contributed by atoms with Crippen LogP contribution in [-0.2, 0) is 4.79 Å². The first kappa shape index (κ1) is 16.6. The third kappa shape index (κ3) is 4.38. The van der Waals surface area contributed by atoms with Gasteiger partial charge in [0, 0.05) is 4.90 Å². The first-order chi connectivity index (χ1) is 10.5. The van der Waals surface area contributed by atoms with Gasteiger partial charge in [-0.2, -0.15) is 0 Å². The highest BCUT2D eigenvalue weighted by Gasteiger charge is 2.18. The number of hydrogen-bond acceptors (Lipinski definition) is 2. The van der Waals surface area contributed by atoms with E-state index in [1.54, 1.807) is 11.8 Å². The SMILES string of the molecule is Cc1ccc([C@H](C)NC(=O)[C@@H](C)Sc2ccccc2)c(C)c1. The zero-order valence-electron chi connectivity index (χ0n) is 13.6. The predicted octanol–water partition coefficient (Wildman–Crippen LogP) is 4.66. The Morgan fingerprint density at radius 2 is 1.73 bits per heavy atom. The molecule has 0 aliphatic rings. The van der Waals surface area contributed by atoms with Crippen LogP contribution in [0.5, 0.6) is 0 Å². The Balaban J connectivity index is 1.98. The molecule has 2 aromatic rings. The summed E-state index contributed by atoms with van der Waals surface area (Å²) in [7, 11) is 0. The second-order valence-electron chi connectivity index (χ2n) is 5.66. The molecule has 1 amide bonds. The van der Waals surface area contributed by atoms with Crippen LogP contribution in [0.15, 0.2) is 53.4 Å². The molecule has 2 nitrogen and oxygen atoms in total. The summed E-state index contributed by atoms with van der Waals surface area (Å²) in [6, 6.07) is 16.4. The number of hydrogen-bond donors (Lipinski definition) is 1. The van der Waals surface area contributed by atoms with Crippen LogP contribution in [0.4, 0.5) is 0 Å². The van der Waals surface area contributed by atoms with Crippen LogP contribution in [0, 0.1) is 13.8 Å². The minimum absolute atomic E-state index is 0.0203. The molecule has 0 radical (unpaired) electrons. The van der Waals surface area contributed by atoms with Crippen LogP contribution in [0.3, 0.4) is 0 Å². The lowest BCUT2D eigenvalue weighted by Gasteiger charge is -2.19. The van der Waals surface area contributed by atoms with Crippen molar-refractivity contribution < 1.29 is 4.79 Å². The van der Waals surface area contributed by atoms with Gasteiger partial charge in [0.2, 0.25) is 5.91 Å². The van der Waals surface area contributed by atoms with Crippen molar-refractivity contribution >= 4 is 17.7 Å². The number of thioether (sulfide) groups is 1. The lowest BCUT2D eigenvalue weighted by atomic mass is 10.0. The molecule has 0 heterocycles. The van der Waals surface area contributed by atoms with Crippen molar-refractivity contribution in [2.45, 2.75) is 43.9 Å². The highest BCUT2D eigenvalue weighted by molar-refractivity contribution is 8.00. The van der Waals surface area contributed by atoms with E-state index in [0.29, 0.717) is 0 Å². The summed E-state index contributed by atoms with van der Waals surface area (Å²) >= 11 is 1.58. The van der Waals surface area contributed by atoms with E-state index in [4.69, 9.17) is 0 Å². The molecule has 0 unspecified atom stereocenters. The molecule has 0 spiro atoms. The van der Waals surface area contributed by atoms with E-state index in [1.165, 1.54) is 16.7 Å². The van der Waals surface area contributed by atoms with Crippen molar-refractivity contribution in [2.24, 2.45) is 0 Å². The summed E-state index contributed by atoms with van der Waals surface area (Å²) in [5.74, 6) is 0.0707. The molecule has 22 heavy (non-hydrogen) atoms. The standard InChI is InChI=1S/C19H23NOS/c1-13-10-11-18(14(2)12-13)15(3)20-19(21)16(4)22-17-8-6-5-7-9-17/h5-12,15-16H,1-4H3,(H,20,21)/t15-,16+/m0/s1. The third-order valence-corrected chi connectivity index (χ3v) is 4.79. The number of rotatable bonds is 5. The quantitative estimate of drug-likeness (QED) is 0.813. The van der Waals surface area contributed by atoms with E-state index < -0.39 is 0 Å². The minimum Gasteiger partial charge on any atom is -0.349 e. The molecule has 0 saturated heterocycles. The highest BCUT2D eigenvalue weighted by atomic mass is 32.2. The Kier molecular flexibility index (Phi) is 5.67. The van der Waals surface area contributed by atoms with Gasteiger partial charge in [-0.15, -0.1) is 11.8 Å². The van der Waals surface area contributed by atoms with Crippen molar-refractivity contribution in [1.82, 2.24) is 5.32 Å². The van der Waals surface area contributed by atoms with Crippen LogP contribution >= 0.6 is 11.8 Å². The summed E-state index contributed by atoms with van der Waals surface area (Å²) in [5, 5.41) is 3.00. The lowest BCUT2D eigenvalue weighted by Crippen LogP contribution is -2.33. The molecular weight excluding hydrogens is 290 g/mol. The van der Waals surface area contributed by atoms with Gasteiger partial charge in [0.05, 0.1) is 11.3 Å². The first-order valence-corrected chi connectivity index (χ1v) is 8.44. The average Bonchev–Trinajstić information content (AvgIpc) is 2.47. The summed E-state index contributed by atoms with van der Waals surface area (Å²) in [6.07, 6.45) is 0. The molecule has 2 atom stereocenters. The minimum atomic E-state index is -0.115. The Labute approximate surface area is 137 Å². The molecule has 2 rings (SSSR count). The maximum Gasteiger partial charge on any atom is 0.233 e. The molecule has 0 fully saturated rings. The van der Waals surface area contributed by atoms with Gasteiger partial charge in [-0.1, -0.05) is 42.0 Å². The van der Waals surface area contributed by atoms with Crippen LogP contribution in [-0.4, -0.2) is 11.2 Å². The van der Waals surface area contributed by atoms with E-state index in [9.17, 15) is 4.79 Å². The lowest BCUT2D eigenvalue weighted by molar-refractivity contribution is -0.120. The molecule has 116 valence electrons. The summed E-state index contributed by atoms with van der Waals surface area (Å²) in [4.78, 5) is 13.5. The van der Waals surface area contributed by atoms with Gasteiger partial charge >= 0.3 is 0 Å². The second kappa shape index (κ2) is 7.50. The molecule has 0 saturated carbocycles. The van der Waals surface area contributed by atoms with Crippen LogP contribution in [0.25, 0.3) is 0 Å². The number of nitrogens with one attached hydrogen (secondary N) is 1. The van der Waals surface area contributed by atoms with E-state index in [1.807, 2.05) is 44.2 Å². The normalized spacial score (nSPS) is 13.5. The van der Waals surface area contributed by atoms with Crippen molar-refractivity contribution in [2.75, 3.05) is 0 Å². The van der Waals surface area contributed by atoms with E-state index in [-0.39, 0.29) is 17.2 Å². The maximum atomic E-state index is 12.4. The van der Waals surface area contributed by atoms with Crippen LogP contribution in [0.2, 0.25) is 0 Å². The van der Waals surface area contributed by atoms with Crippen LogP contribution in [0.1, 0.15) is 36.6 Å². The third-order valence-electron chi connectivity index (χ3n) is 3.68. The number of aryl methyl sites for hydroxylation is 2. The smallest absolute Gasteiger partial charge is 0.233 e. The van der Waals surface area contributed by atoms with Crippen molar-refractivity contribution in [3.05, 3.63) is 65.2 Å². The maximum absolute atomic E-state index is 12.4. The second-order valence-corrected chi connectivity index (χ2v) is 7.08. The van der Waals surface area contributed by atoms with Crippen molar-refractivity contribution in [1.29, 1.82) is 0 Å². The summed E-state index contributed by atoms with van der Waals surface area (Å²) in [6.45, 7) is 8.16. The number of carbonyl (C=O) groups is 1. The van der Waals surface area contributed by atoms with E-state index >= 15 is 0 Å². The molecule has 1 N–H and O–H groups in total. The largest absolute Gasteiger partial charge is 0.349 e. The zero-order valence-corrected chi connectivity index (χ0v) is 14.4. The zero-order chi connectivity index (χ0) is 16.1. The van der Waals surface area contributed by atoms with Gasteiger partial charge in [-0.3, -0.25) is 4.79 Å². The van der Waals surface area contributed by atoms with Gasteiger partial charge < -0.3 is 5.32 Å². The van der Waals surface area contributed by atoms with Gasteiger partial charge in [0.15, 0.2) is 0 Å². The summed E-state index contributed by atoms with van der Waals surface area (Å²) < 4.78 is 0. The van der Waals surface area contributed by atoms with Gasteiger partial charge in [0.1, 0.15) is 0 Å². The fraction of sp³-hybridized carbons (Fsp3) is 0.316. The Morgan fingerprint density at radius 3 is 2.36 bits per heavy atom. The van der Waals surface area contributed by atoms with Gasteiger partial charge in [-0.25, -0.2) is 0 Å². The Bertz CT molecular complexity index is 639. The molecule has 0 aromatic heterocycles. The van der Waals surface area contributed by atoms with Gasteiger partial charge in [-0.05, 0) is 51.0 Å². The van der Waals surface area contributed by atoms with E-state index in [0.717, 1.165) is 4.90 Å². The molecule has 0 aliphatic carbocycles. The highest BCUT2D eigenvalue weighted by Crippen LogP contribution is 2.24. The fourth-order valence-electron chi connectivity index (χ4n) is 2.48. The fourth-order valence-corrected chi connectivity index (χ4v) is 3.37. The number of amides is 1. The van der Waals surface area contributed by atoms with Crippen LogP contribution < -0.4 is 5.32 Å². The predicted molar refractivity (Wildman–Crippen MR) is 94.2 cm³/mol.